The number of fused-ring (bicyclic) bond motifs is 2. The first-order valence-electron chi connectivity index (χ1n) is 9.83. The van der Waals surface area contributed by atoms with Crippen LogP contribution in [0, 0.1) is 12.3 Å². The zero-order chi connectivity index (χ0) is 23.1. The highest BCUT2D eigenvalue weighted by Crippen LogP contribution is 2.21. The fraction of sp³-hybridized carbons (Fsp3) is 0.0909. The lowest BCUT2D eigenvalue weighted by Gasteiger charge is -2.18. The van der Waals surface area contributed by atoms with Gasteiger partial charge in [0, 0.05) is 12.4 Å². The predicted octanol–water partition coefficient (Wildman–Crippen LogP) is 1.47. The maximum Gasteiger partial charge on any atom is 0.272 e. The van der Waals surface area contributed by atoms with Gasteiger partial charge in [-0.3, -0.25) is 14.2 Å². The summed E-state index contributed by atoms with van der Waals surface area (Å²) < 4.78 is 7.96. The number of hydrogen-bond donors (Lipinski definition) is 2. The van der Waals surface area contributed by atoms with E-state index < -0.39 is 17.5 Å². The Hall–Kier alpha value is -4.98. The minimum Gasteiger partial charge on any atom is -0.381 e. The highest BCUT2D eigenvalue weighted by Gasteiger charge is 2.26. The van der Waals surface area contributed by atoms with E-state index in [1.54, 1.807) is 43.5 Å². The summed E-state index contributed by atoms with van der Waals surface area (Å²) in [6.07, 6.45) is 8.63. The number of para-hydroxylation sites is 1. The van der Waals surface area contributed by atoms with Gasteiger partial charge >= 0.3 is 0 Å². The second kappa shape index (κ2) is 7.61. The van der Waals surface area contributed by atoms with Gasteiger partial charge in [-0.25, -0.2) is 9.50 Å². The molecule has 11 heteroatoms. The number of benzene rings is 1. The molecule has 11 nitrogen and oxygen atoms in total. The number of terminal acetylenes is 1. The summed E-state index contributed by atoms with van der Waals surface area (Å²) in [4.78, 5) is 35.2. The summed E-state index contributed by atoms with van der Waals surface area (Å²) >= 11 is 0. The molecule has 0 saturated heterocycles. The monoisotopic (exact) mass is 440 g/mol. The molecule has 3 N–H and O–H groups in total. The van der Waals surface area contributed by atoms with Crippen molar-refractivity contribution in [2.45, 2.75) is 13.0 Å². The van der Waals surface area contributed by atoms with Gasteiger partial charge in [-0.2, -0.15) is 4.98 Å². The molecule has 0 saturated carbocycles. The molecule has 0 aliphatic rings. The zero-order valence-corrected chi connectivity index (χ0v) is 17.3. The van der Waals surface area contributed by atoms with Crippen molar-refractivity contribution in [1.82, 2.24) is 34.6 Å². The number of nitrogens with one attached hydrogen (secondary N) is 1. The molecular formula is C22H16N8O3. The molecule has 5 rings (SSSR count). The van der Waals surface area contributed by atoms with Crippen LogP contribution in [-0.2, 0) is 0 Å². The quantitative estimate of drug-likeness (QED) is 0.400. The maximum atomic E-state index is 13.4. The largest absolute Gasteiger partial charge is 0.381 e. The van der Waals surface area contributed by atoms with Crippen molar-refractivity contribution in [3.63, 3.8) is 0 Å². The lowest BCUT2D eigenvalue weighted by Crippen LogP contribution is -2.33. The molecule has 162 valence electrons. The van der Waals surface area contributed by atoms with Crippen LogP contribution < -0.4 is 16.6 Å². The summed E-state index contributed by atoms with van der Waals surface area (Å²) in [5.41, 5.74) is 6.49. The molecule has 1 unspecified atom stereocenters. The molecule has 0 aliphatic carbocycles. The topological polar surface area (TPSA) is 146 Å². The number of carbonyl (C=O) groups is 1. The fourth-order valence-corrected chi connectivity index (χ4v) is 3.59. The Bertz CT molecular complexity index is 1630. The Balaban J connectivity index is 1.63. The second-order valence-electron chi connectivity index (χ2n) is 7.15. The van der Waals surface area contributed by atoms with Crippen LogP contribution >= 0.6 is 0 Å². The van der Waals surface area contributed by atoms with Gasteiger partial charge in [0.1, 0.15) is 16.8 Å². The molecule has 0 fully saturated rings. The van der Waals surface area contributed by atoms with Crippen LogP contribution in [0.25, 0.3) is 22.4 Å². The van der Waals surface area contributed by atoms with Gasteiger partial charge in [-0.1, -0.05) is 23.4 Å². The third-order valence-electron chi connectivity index (χ3n) is 5.07. The van der Waals surface area contributed by atoms with Crippen molar-refractivity contribution in [1.29, 1.82) is 0 Å². The lowest BCUT2D eigenvalue weighted by atomic mass is 10.2. The number of hydrogen-bond acceptors (Lipinski definition) is 8. The maximum absolute atomic E-state index is 13.4. The third kappa shape index (κ3) is 3.17. The minimum absolute atomic E-state index is 0.0200. The highest BCUT2D eigenvalue weighted by molar-refractivity contribution is 6.04. The SMILES string of the molecule is C#Cc1noc2nc(C(C)NC(=O)c3c(N)nn4cccnc34)n(-c3ccccc3)c(=O)c12. The van der Waals surface area contributed by atoms with Crippen LogP contribution in [0.2, 0.25) is 0 Å². The molecule has 0 bridgehead atoms. The van der Waals surface area contributed by atoms with E-state index in [0.29, 0.717) is 11.3 Å². The van der Waals surface area contributed by atoms with Gasteiger partial charge in [0.15, 0.2) is 17.2 Å². The van der Waals surface area contributed by atoms with Crippen LogP contribution in [-0.4, -0.2) is 35.2 Å². The van der Waals surface area contributed by atoms with E-state index in [1.807, 2.05) is 6.07 Å². The molecule has 5 aromatic rings. The first kappa shape index (κ1) is 20.0. The van der Waals surface area contributed by atoms with Gasteiger partial charge < -0.3 is 15.6 Å². The van der Waals surface area contributed by atoms with E-state index in [4.69, 9.17) is 16.7 Å². The van der Waals surface area contributed by atoms with Gasteiger partial charge in [0.25, 0.3) is 17.2 Å². The van der Waals surface area contributed by atoms with Gasteiger partial charge in [-0.15, -0.1) is 11.5 Å². The summed E-state index contributed by atoms with van der Waals surface area (Å²) in [6, 6.07) is 9.78. The van der Waals surface area contributed by atoms with E-state index in [9.17, 15) is 9.59 Å². The van der Waals surface area contributed by atoms with E-state index >= 15 is 0 Å². The number of aromatic nitrogens is 6. The van der Waals surface area contributed by atoms with Crippen molar-refractivity contribution in [3.05, 3.63) is 76.2 Å². The highest BCUT2D eigenvalue weighted by atomic mass is 16.5. The average molecular weight is 440 g/mol. The van der Waals surface area contributed by atoms with Crippen LogP contribution in [0.5, 0.6) is 0 Å². The van der Waals surface area contributed by atoms with Crippen molar-refractivity contribution < 1.29 is 9.32 Å². The van der Waals surface area contributed by atoms with E-state index in [-0.39, 0.29) is 34.0 Å². The third-order valence-corrected chi connectivity index (χ3v) is 5.07. The van der Waals surface area contributed by atoms with E-state index in [1.165, 1.54) is 15.3 Å². The number of amides is 1. The molecule has 0 aliphatic heterocycles. The smallest absolute Gasteiger partial charge is 0.272 e. The van der Waals surface area contributed by atoms with Crippen LogP contribution in [0.15, 0.2) is 58.1 Å². The Labute approximate surface area is 185 Å². The van der Waals surface area contributed by atoms with Crippen molar-refractivity contribution in [2.75, 3.05) is 5.73 Å². The standard InChI is InChI=1S/C22H16N8O3/c1-3-14-15-21(33-28-14)26-18(30(22(15)32)13-8-5-4-6-9-13)12(2)25-20(31)16-17(23)27-29-11-7-10-24-19(16)29/h1,4-12H,2H3,(H2,23,27)(H,25,31). The fourth-order valence-electron chi connectivity index (χ4n) is 3.59. The first-order chi connectivity index (χ1) is 16.0. The molecule has 4 heterocycles. The predicted molar refractivity (Wildman–Crippen MR) is 119 cm³/mol. The van der Waals surface area contributed by atoms with Gasteiger partial charge in [0.05, 0.1) is 11.7 Å². The van der Waals surface area contributed by atoms with E-state index in [2.05, 4.69) is 31.5 Å². The molecule has 0 spiro atoms. The summed E-state index contributed by atoms with van der Waals surface area (Å²) in [7, 11) is 0. The summed E-state index contributed by atoms with van der Waals surface area (Å²) in [6.45, 7) is 1.68. The molecule has 1 aromatic carbocycles. The first-order valence-corrected chi connectivity index (χ1v) is 9.83. The average Bonchev–Trinajstić information content (AvgIpc) is 3.39. The molecule has 0 radical (unpaired) electrons. The van der Waals surface area contributed by atoms with Crippen LogP contribution in [0.4, 0.5) is 5.82 Å². The summed E-state index contributed by atoms with van der Waals surface area (Å²) in [5, 5.41) is 10.8. The Kier molecular flexibility index (Phi) is 4.60. The van der Waals surface area contributed by atoms with E-state index in [0.717, 1.165) is 0 Å². The van der Waals surface area contributed by atoms with Crippen LogP contribution in [0.1, 0.15) is 34.8 Å². The number of nitrogen functional groups attached to an aromatic ring is 1. The normalized spacial score (nSPS) is 12.0. The number of rotatable bonds is 4. The van der Waals surface area contributed by atoms with Gasteiger partial charge in [-0.05, 0) is 31.0 Å². The minimum atomic E-state index is -0.743. The Morgan fingerprint density at radius 3 is 2.82 bits per heavy atom. The molecule has 1 amide bonds. The summed E-state index contributed by atoms with van der Waals surface area (Å²) in [5.74, 6) is 2.05. The van der Waals surface area contributed by atoms with Crippen LogP contribution in [0.3, 0.4) is 0 Å². The number of nitrogens with zero attached hydrogens (tertiary/aromatic N) is 6. The van der Waals surface area contributed by atoms with Crippen molar-refractivity contribution >= 4 is 28.5 Å². The number of anilines is 1. The van der Waals surface area contributed by atoms with Crippen molar-refractivity contribution in [2.24, 2.45) is 0 Å². The van der Waals surface area contributed by atoms with Crippen molar-refractivity contribution in [3.8, 4) is 18.0 Å². The number of nitrogens with two attached hydrogens (primary N) is 1. The van der Waals surface area contributed by atoms with Gasteiger partial charge in [0.2, 0.25) is 0 Å². The second-order valence-corrected chi connectivity index (χ2v) is 7.15. The Morgan fingerprint density at radius 1 is 1.27 bits per heavy atom. The number of carbonyl (C=O) groups excluding carboxylic acids is 1. The molecule has 4 aromatic heterocycles. The molecule has 1 atom stereocenters. The molecular weight excluding hydrogens is 424 g/mol. The lowest BCUT2D eigenvalue weighted by molar-refractivity contribution is 0.0940. The zero-order valence-electron chi connectivity index (χ0n) is 17.3. The molecule has 33 heavy (non-hydrogen) atoms. The Morgan fingerprint density at radius 2 is 2.06 bits per heavy atom.